The minimum atomic E-state index is -0.453. The van der Waals surface area contributed by atoms with Gasteiger partial charge < -0.3 is 24.6 Å². The van der Waals surface area contributed by atoms with Gasteiger partial charge in [-0.05, 0) is 59.3 Å². The second kappa shape index (κ2) is 13.2. The SMILES string of the molecule is CCNC(=NCCN1CCOCC1)N1CCC(N(CC2CC2)C(=O)OC(C)(C)C)CC1.I. The molecule has 1 amide bonds. The van der Waals surface area contributed by atoms with Gasteiger partial charge in [0.2, 0.25) is 0 Å². The predicted molar refractivity (Wildman–Crippen MR) is 139 cm³/mol. The molecule has 0 radical (unpaired) electrons. The van der Waals surface area contributed by atoms with E-state index < -0.39 is 5.60 Å². The molecule has 2 heterocycles. The van der Waals surface area contributed by atoms with Crippen LogP contribution >= 0.6 is 24.0 Å². The van der Waals surface area contributed by atoms with Crippen LogP contribution in [-0.4, -0.2) is 104 Å². The van der Waals surface area contributed by atoms with Crippen molar-refractivity contribution in [2.24, 2.45) is 10.9 Å². The molecule has 0 bridgehead atoms. The molecule has 0 aromatic carbocycles. The van der Waals surface area contributed by atoms with Crippen LogP contribution in [0.5, 0.6) is 0 Å². The number of likely N-dealkylation sites (tertiary alicyclic amines) is 1. The van der Waals surface area contributed by atoms with E-state index in [9.17, 15) is 4.79 Å². The standard InChI is InChI=1S/C23H43N5O3.HI/c1-5-24-21(25-10-13-26-14-16-30-17-15-26)27-11-8-20(9-12-27)28(18-19-6-7-19)22(29)31-23(2,3)4;/h19-20H,5-18H2,1-4H3,(H,24,25);1H. The molecule has 1 N–H and O–H groups in total. The Morgan fingerprint density at radius 1 is 1.12 bits per heavy atom. The summed E-state index contributed by atoms with van der Waals surface area (Å²) in [6.45, 7) is 16.9. The van der Waals surface area contributed by atoms with E-state index in [1.165, 1.54) is 12.8 Å². The third-order valence-corrected chi connectivity index (χ3v) is 6.10. The van der Waals surface area contributed by atoms with E-state index in [0.29, 0.717) is 5.92 Å². The molecule has 9 heteroatoms. The van der Waals surface area contributed by atoms with Crippen molar-refractivity contribution in [2.75, 3.05) is 65.6 Å². The van der Waals surface area contributed by atoms with E-state index in [0.717, 1.165) is 84.4 Å². The Balaban J connectivity index is 0.00000363. The number of nitrogens with one attached hydrogen (secondary N) is 1. The summed E-state index contributed by atoms with van der Waals surface area (Å²) in [5, 5.41) is 3.46. The number of piperidine rings is 1. The zero-order valence-corrected chi connectivity index (χ0v) is 22.8. The lowest BCUT2D eigenvalue weighted by Gasteiger charge is -2.40. The van der Waals surface area contributed by atoms with E-state index in [1.807, 2.05) is 25.7 Å². The van der Waals surface area contributed by atoms with E-state index >= 15 is 0 Å². The van der Waals surface area contributed by atoms with Crippen molar-refractivity contribution in [3.8, 4) is 0 Å². The Kier molecular flexibility index (Phi) is 11.3. The first-order valence-corrected chi connectivity index (χ1v) is 12.2. The molecule has 0 spiro atoms. The van der Waals surface area contributed by atoms with Crippen LogP contribution in [0.3, 0.4) is 0 Å². The van der Waals surface area contributed by atoms with Crippen molar-refractivity contribution in [1.82, 2.24) is 20.0 Å². The highest BCUT2D eigenvalue weighted by atomic mass is 127. The number of rotatable bonds is 7. The summed E-state index contributed by atoms with van der Waals surface area (Å²) >= 11 is 0. The molecule has 3 rings (SSSR count). The number of ether oxygens (including phenoxy) is 2. The van der Waals surface area contributed by atoms with E-state index in [2.05, 4.69) is 22.0 Å². The maximum Gasteiger partial charge on any atom is 0.410 e. The van der Waals surface area contributed by atoms with Gasteiger partial charge in [0, 0.05) is 51.9 Å². The monoisotopic (exact) mass is 565 g/mol. The van der Waals surface area contributed by atoms with E-state index in [1.54, 1.807) is 0 Å². The van der Waals surface area contributed by atoms with Crippen molar-refractivity contribution in [3.63, 3.8) is 0 Å². The minimum Gasteiger partial charge on any atom is -0.444 e. The zero-order chi connectivity index (χ0) is 22.3. The van der Waals surface area contributed by atoms with Gasteiger partial charge in [0.25, 0.3) is 0 Å². The number of carbonyl (C=O) groups excluding carboxylic acids is 1. The molecule has 3 fully saturated rings. The molecule has 1 saturated carbocycles. The molecule has 2 aliphatic heterocycles. The van der Waals surface area contributed by atoms with Crippen LogP contribution in [0.1, 0.15) is 53.4 Å². The maximum atomic E-state index is 12.9. The van der Waals surface area contributed by atoms with Gasteiger partial charge in [0.1, 0.15) is 5.60 Å². The van der Waals surface area contributed by atoms with Crippen LogP contribution in [0.4, 0.5) is 4.79 Å². The summed E-state index contributed by atoms with van der Waals surface area (Å²) in [5.74, 6) is 1.66. The highest BCUT2D eigenvalue weighted by Gasteiger charge is 2.35. The molecule has 32 heavy (non-hydrogen) atoms. The quantitative estimate of drug-likeness (QED) is 0.291. The molecule has 3 aliphatic rings. The first kappa shape index (κ1) is 27.4. The zero-order valence-electron chi connectivity index (χ0n) is 20.5. The number of amides is 1. The molecule has 186 valence electrons. The Hall–Kier alpha value is -0.810. The minimum absolute atomic E-state index is 0. The topological polar surface area (TPSA) is 69.6 Å². The largest absolute Gasteiger partial charge is 0.444 e. The van der Waals surface area contributed by atoms with Gasteiger partial charge >= 0.3 is 6.09 Å². The molecule has 2 saturated heterocycles. The number of aliphatic imine (C=N–C) groups is 1. The van der Waals surface area contributed by atoms with Crippen LogP contribution < -0.4 is 5.32 Å². The Morgan fingerprint density at radius 3 is 2.34 bits per heavy atom. The van der Waals surface area contributed by atoms with Gasteiger partial charge in [0.15, 0.2) is 5.96 Å². The number of carbonyl (C=O) groups is 1. The highest BCUT2D eigenvalue weighted by molar-refractivity contribution is 14.0. The average molecular weight is 566 g/mol. The second-order valence-corrected chi connectivity index (χ2v) is 9.98. The number of hydrogen-bond donors (Lipinski definition) is 1. The van der Waals surface area contributed by atoms with E-state index in [4.69, 9.17) is 14.5 Å². The molecular weight excluding hydrogens is 521 g/mol. The van der Waals surface area contributed by atoms with E-state index in [-0.39, 0.29) is 36.1 Å². The number of morpholine rings is 1. The summed E-state index contributed by atoms with van der Waals surface area (Å²) in [4.78, 5) is 24.5. The fourth-order valence-corrected chi connectivity index (χ4v) is 4.21. The third-order valence-electron chi connectivity index (χ3n) is 6.10. The molecule has 8 nitrogen and oxygen atoms in total. The predicted octanol–water partition coefficient (Wildman–Crippen LogP) is 3.01. The van der Waals surface area contributed by atoms with Crippen LogP contribution in [0.25, 0.3) is 0 Å². The molecule has 0 aromatic heterocycles. The first-order chi connectivity index (χ1) is 14.9. The van der Waals surface area contributed by atoms with Crippen molar-refractivity contribution < 1.29 is 14.3 Å². The van der Waals surface area contributed by atoms with Gasteiger partial charge in [-0.3, -0.25) is 9.89 Å². The summed E-state index contributed by atoms with van der Waals surface area (Å²) in [6.07, 6.45) is 4.24. The molecule has 0 unspecified atom stereocenters. The normalized spacial score (nSPS) is 21.1. The van der Waals surface area contributed by atoms with Crippen molar-refractivity contribution >= 4 is 36.0 Å². The highest BCUT2D eigenvalue weighted by Crippen LogP contribution is 2.32. The maximum absolute atomic E-state index is 12.9. The number of guanidine groups is 1. The van der Waals surface area contributed by atoms with Gasteiger partial charge in [0.05, 0.1) is 19.8 Å². The number of nitrogens with zero attached hydrogens (tertiary/aromatic N) is 4. The average Bonchev–Trinajstić information content (AvgIpc) is 3.55. The van der Waals surface area contributed by atoms with Crippen molar-refractivity contribution in [3.05, 3.63) is 0 Å². The fourth-order valence-electron chi connectivity index (χ4n) is 4.21. The lowest BCUT2D eigenvalue weighted by Crippen LogP contribution is -2.52. The van der Waals surface area contributed by atoms with Gasteiger partial charge in [-0.1, -0.05) is 0 Å². The van der Waals surface area contributed by atoms with Crippen LogP contribution in [0.2, 0.25) is 0 Å². The first-order valence-electron chi connectivity index (χ1n) is 12.2. The molecular formula is C23H44IN5O3. The summed E-state index contributed by atoms with van der Waals surface area (Å²) in [6, 6.07) is 0.253. The van der Waals surface area contributed by atoms with Gasteiger partial charge in [-0.15, -0.1) is 24.0 Å². The number of hydrogen-bond acceptors (Lipinski definition) is 5. The summed E-state index contributed by atoms with van der Waals surface area (Å²) in [7, 11) is 0. The van der Waals surface area contributed by atoms with Gasteiger partial charge in [-0.2, -0.15) is 0 Å². The van der Waals surface area contributed by atoms with Crippen molar-refractivity contribution in [2.45, 2.75) is 65.0 Å². The fraction of sp³-hybridized carbons (Fsp3) is 0.913. The lowest BCUT2D eigenvalue weighted by atomic mass is 10.0. The summed E-state index contributed by atoms with van der Waals surface area (Å²) in [5.41, 5.74) is -0.453. The molecule has 1 aliphatic carbocycles. The Bertz CT molecular complexity index is 595. The Morgan fingerprint density at radius 2 is 1.78 bits per heavy atom. The smallest absolute Gasteiger partial charge is 0.410 e. The van der Waals surface area contributed by atoms with Crippen LogP contribution in [0, 0.1) is 5.92 Å². The van der Waals surface area contributed by atoms with Gasteiger partial charge in [-0.25, -0.2) is 4.79 Å². The van der Waals surface area contributed by atoms with Crippen LogP contribution in [-0.2, 0) is 9.47 Å². The number of halogens is 1. The molecule has 0 aromatic rings. The Labute approximate surface area is 211 Å². The lowest BCUT2D eigenvalue weighted by molar-refractivity contribution is 0.00928. The molecule has 0 atom stereocenters. The third kappa shape index (κ3) is 9.21. The summed E-state index contributed by atoms with van der Waals surface area (Å²) < 4.78 is 11.2. The second-order valence-electron chi connectivity index (χ2n) is 9.98. The van der Waals surface area contributed by atoms with Crippen LogP contribution in [0.15, 0.2) is 4.99 Å². The van der Waals surface area contributed by atoms with Crippen molar-refractivity contribution in [1.29, 1.82) is 0 Å².